The minimum atomic E-state index is -4.55. The second-order valence-electron chi connectivity index (χ2n) is 2.71. The smallest absolute Gasteiger partial charge is 0.313 e. The Hall–Kier alpha value is -1.15. The van der Waals surface area contributed by atoms with Crippen molar-refractivity contribution in [2.24, 2.45) is 0 Å². The van der Waals surface area contributed by atoms with Crippen molar-refractivity contribution < 1.29 is 17.9 Å². The summed E-state index contributed by atoms with van der Waals surface area (Å²) in [6.45, 7) is 0.839. The summed E-state index contributed by atoms with van der Waals surface area (Å²) in [7, 11) is 0. The molecule has 0 aliphatic heterocycles. The summed E-state index contributed by atoms with van der Waals surface area (Å²) < 4.78 is 39.7. The molecule has 8 heteroatoms. The molecule has 0 spiro atoms. The van der Waals surface area contributed by atoms with Gasteiger partial charge in [-0.2, -0.15) is 0 Å². The highest BCUT2D eigenvalue weighted by Gasteiger charge is 2.28. The average molecular weight is 224 g/mol. The Bertz CT molecular complexity index is 262. The van der Waals surface area contributed by atoms with Crippen LogP contribution >= 0.6 is 0 Å². The molecule has 0 aliphatic carbocycles. The van der Waals surface area contributed by atoms with Gasteiger partial charge in [-0.05, 0) is 0 Å². The van der Waals surface area contributed by atoms with E-state index in [1.807, 2.05) is 0 Å². The van der Waals surface area contributed by atoms with Gasteiger partial charge >= 0.3 is 6.36 Å². The quantitative estimate of drug-likeness (QED) is 0.711. The van der Waals surface area contributed by atoms with E-state index < -0.39 is 6.36 Å². The molecule has 1 N–H and O–H groups in total. The van der Waals surface area contributed by atoms with Crippen molar-refractivity contribution in [3.05, 3.63) is 12.4 Å². The van der Waals surface area contributed by atoms with Gasteiger partial charge in [-0.25, -0.2) is 0 Å². The molecule has 1 aromatic rings. The standard InChI is InChI=1S/C7H11F3N4O/c8-7(9,10)15-6-3-11-1-4-14-5-2-12-13-14/h2,5,11H,1,3-4,6H2. The first-order valence-electron chi connectivity index (χ1n) is 4.33. The van der Waals surface area contributed by atoms with Gasteiger partial charge in [0.15, 0.2) is 0 Å². The predicted octanol–water partition coefficient (Wildman–Crippen LogP) is 0.404. The fourth-order valence-corrected chi connectivity index (χ4v) is 0.910. The van der Waals surface area contributed by atoms with Crippen LogP contribution in [-0.2, 0) is 11.3 Å². The van der Waals surface area contributed by atoms with E-state index in [1.54, 1.807) is 10.9 Å². The molecule has 0 amide bonds. The first-order valence-corrected chi connectivity index (χ1v) is 4.33. The molecule has 0 saturated carbocycles. The summed E-state index contributed by atoms with van der Waals surface area (Å²) in [6.07, 6.45) is -1.34. The fourth-order valence-electron chi connectivity index (χ4n) is 0.910. The maximum Gasteiger partial charge on any atom is 0.522 e. The van der Waals surface area contributed by atoms with Crippen LogP contribution < -0.4 is 5.32 Å². The van der Waals surface area contributed by atoms with Crippen LogP contribution in [0.2, 0.25) is 0 Å². The summed E-state index contributed by atoms with van der Waals surface area (Å²) in [6, 6.07) is 0. The van der Waals surface area contributed by atoms with E-state index in [-0.39, 0.29) is 13.2 Å². The van der Waals surface area contributed by atoms with Crippen molar-refractivity contribution in [2.45, 2.75) is 12.9 Å². The Morgan fingerprint density at radius 3 is 2.73 bits per heavy atom. The van der Waals surface area contributed by atoms with Crippen molar-refractivity contribution in [1.82, 2.24) is 20.3 Å². The summed E-state index contributed by atoms with van der Waals surface area (Å²) in [5.41, 5.74) is 0. The Labute approximate surface area is 84.2 Å². The van der Waals surface area contributed by atoms with Crippen molar-refractivity contribution >= 4 is 0 Å². The van der Waals surface area contributed by atoms with Gasteiger partial charge in [0.1, 0.15) is 0 Å². The highest BCUT2D eigenvalue weighted by atomic mass is 19.4. The van der Waals surface area contributed by atoms with E-state index in [9.17, 15) is 13.2 Å². The van der Waals surface area contributed by atoms with E-state index in [0.717, 1.165) is 0 Å². The van der Waals surface area contributed by atoms with Crippen molar-refractivity contribution in [3.8, 4) is 0 Å². The molecule has 0 unspecified atom stereocenters. The van der Waals surface area contributed by atoms with Crippen LogP contribution in [0.15, 0.2) is 12.4 Å². The number of ether oxygens (including phenoxy) is 1. The molecule has 0 saturated heterocycles. The van der Waals surface area contributed by atoms with E-state index in [1.165, 1.54) is 6.20 Å². The molecule has 1 aromatic heterocycles. The van der Waals surface area contributed by atoms with Crippen LogP contribution in [0.3, 0.4) is 0 Å². The number of hydrogen-bond donors (Lipinski definition) is 1. The highest BCUT2D eigenvalue weighted by Crippen LogP contribution is 2.14. The lowest BCUT2D eigenvalue weighted by Crippen LogP contribution is -2.27. The zero-order valence-corrected chi connectivity index (χ0v) is 7.87. The largest absolute Gasteiger partial charge is 0.522 e. The molecule has 1 heterocycles. The fraction of sp³-hybridized carbons (Fsp3) is 0.714. The van der Waals surface area contributed by atoms with Crippen LogP contribution in [0, 0.1) is 0 Å². The van der Waals surface area contributed by atoms with Crippen molar-refractivity contribution in [2.75, 3.05) is 19.7 Å². The molecule has 86 valence electrons. The first kappa shape index (κ1) is 11.9. The molecule has 0 radical (unpaired) electrons. The van der Waals surface area contributed by atoms with Gasteiger partial charge in [0.25, 0.3) is 0 Å². The Morgan fingerprint density at radius 1 is 1.33 bits per heavy atom. The van der Waals surface area contributed by atoms with E-state index in [0.29, 0.717) is 13.1 Å². The molecular formula is C7H11F3N4O. The Morgan fingerprint density at radius 2 is 2.13 bits per heavy atom. The zero-order valence-electron chi connectivity index (χ0n) is 7.87. The van der Waals surface area contributed by atoms with Gasteiger partial charge in [-0.3, -0.25) is 9.42 Å². The van der Waals surface area contributed by atoms with Crippen molar-refractivity contribution in [3.63, 3.8) is 0 Å². The highest BCUT2D eigenvalue weighted by molar-refractivity contribution is 4.64. The van der Waals surface area contributed by atoms with Gasteiger partial charge in [-0.15, -0.1) is 18.3 Å². The average Bonchev–Trinajstić information content (AvgIpc) is 2.61. The van der Waals surface area contributed by atoms with Crippen LogP contribution in [0.5, 0.6) is 0 Å². The molecular weight excluding hydrogens is 213 g/mol. The number of nitrogens with one attached hydrogen (secondary N) is 1. The maximum absolute atomic E-state index is 11.5. The SMILES string of the molecule is FC(F)(F)OCCNCCn1ccnn1. The summed E-state index contributed by atoms with van der Waals surface area (Å²) in [4.78, 5) is 0. The second-order valence-corrected chi connectivity index (χ2v) is 2.71. The van der Waals surface area contributed by atoms with Crippen LogP contribution in [0.1, 0.15) is 0 Å². The number of nitrogens with zero attached hydrogens (tertiary/aromatic N) is 3. The monoisotopic (exact) mass is 224 g/mol. The van der Waals surface area contributed by atoms with Crippen LogP contribution in [-0.4, -0.2) is 41.1 Å². The molecule has 15 heavy (non-hydrogen) atoms. The van der Waals surface area contributed by atoms with E-state index >= 15 is 0 Å². The van der Waals surface area contributed by atoms with E-state index in [4.69, 9.17) is 0 Å². The molecule has 0 bridgehead atoms. The minimum absolute atomic E-state index is 0.147. The van der Waals surface area contributed by atoms with Crippen LogP contribution in [0.25, 0.3) is 0 Å². The van der Waals surface area contributed by atoms with Gasteiger partial charge in [0.2, 0.25) is 0 Å². The number of aromatic nitrogens is 3. The van der Waals surface area contributed by atoms with Gasteiger partial charge in [-0.1, -0.05) is 5.21 Å². The van der Waals surface area contributed by atoms with Gasteiger partial charge in [0, 0.05) is 19.3 Å². The van der Waals surface area contributed by atoms with Crippen LogP contribution in [0.4, 0.5) is 13.2 Å². The topological polar surface area (TPSA) is 52.0 Å². The third-order valence-electron chi connectivity index (χ3n) is 1.53. The second kappa shape index (κ2) is 5.66. The molecule has 0 aromatic carbocycles. The number of alkyl halides is 3. The molecule has 1 rings (SSSR count). The first-order chi connectivity index (χ1) is 7.08. The molecule has 0 aliphatic rings. The number of rotatable bonds is 6. The normalized spacial score (nSPS) is 11.9. The van der Waals surface area contributed by atoms with Gasteiger partial charge < -0.3 is 5.32 Å². The summed E-state index contributed by atoms with van der Waals surface area (Å²) in [5, 5.41) is 10.1. The van der Waals surface area contributed by atoms with Gasteiger partial charge in [0.05, 0.1) is 19.3 Å². The predicted molar refractivity (Wildman–Crippen MR) is 44.9 cm³/mol. The minimum Gasteiger partial charge on any atom is -0.313 e. The third-order valence-corrected chi connectivity index (χ3v) is 1.53. The lowest BCUT2D eigenvalue weighted by atomic mass is 10.6. The molecule has 5 nitrogen and oxygen atoms in total. The maximum atomic E-state index is 11.5. The third kappa shape index (κ3) is 6.02. The van der Waals surface area contributed by atoms with E-state index in [2.05, 4.69) is 20.4 Å². The number of hydrogen-bond acceptors (Lipinski definition) is 4. The zero-order chi connectivity index (χ0) is 11.1. The Balaban J connectivity index is 1.94. The van der Waals surface area contributed by atoms with Crippen molar-refractivity contribution in [1.29, 1.82) is 0 Å². The summed E-state index contributed by atoms with van der Waals surface area (Å²) >= 11 is 0. The Kier molecular flexibility index (Phi) is 4.50. The molecule has 0 fully saturated rings. The lowest BCUT2D eigenvalue weighted by Gasteiger charge is -2.07. The summed E-state index contributed by atoms with van der Waals surface area (Å²) in [5.74, 6) is 0. The lowest BCUT2D eigenvalue weighted by molar-refractivity contribution is -0.323. The number of halogens is 3. The molecule has 0 atom stereocenters.